The summed E-state index contributed by atoms with van der Waals surface area (Å²) in [7, 11) is 3.78. The van der Waals surface area contributed by atoms with Crippen LogP contribution in [0.5, 0.6) is 0 Å². The lowest BCUT2D eigenvalue weighted by molar-refractivity contribution is -0.136. The SMILES string of the molecule is CNc1ccn(-c2ccnc3c2cc([C@H](C)N2CC=C(c4c(C)cc(C(=O)N5CCC(CN6CCN(Cc7cc8c(cc7F)N(C7CCC(=O)NC7=O)C(=O)C8(C)C)C[C@@H]6C)CC5)cc4F)CC2)n3C)c(=O)c1. The number of fused-ring (bicyclic) bond motifs is 2. The smallest absolute Gasteiger partial charge is 0.257 e. The first-order chi connectivity index (χ1) is 34.9. The van der Waals surface area contributed by atoms with Crippen LogP contribution in [0.3, 0.4) is 0 Å². The molecule has 3 aromatic heterocycles. The number of halogens is 2. The number of aryl methyl sites for hydroxylation is 2. The van der Waals surface area contributed by atoms with Gasteiger partial charge in [-0.2, -0.15) is 0 Å². The first-order valence-corrected chi connectivity index (χ1v) is 25.8. The van der Waals surface area contributed by atoms with Crippen molar-refractivity contribution in [1.82, 2.24) is 39.0 Å². The molecule has 15 nitrogen and oxygen atoms in total. The van der Waals surface area contributed by atoms with Gasteiger partial charge in [-0.05, 0) is 125 Å². The van der Waals surface area contributed by atoms with E-state index in [4.69, 9.17) is 0 Å². The van der Waals surface area contributed by atoms with Crippen LogP contribution >= 0.6 is 0 Å². The molecule has 73 heavy (non-hydrogen) atoms. The predicted molar refractivity (Wildman–Crippen MR) is 278 cm³/mol. The third-order valence-electron chi connectivity index (χ3n) is 16.5. The summed E-state index contributed by atoms with van der Waals surface area (Å²) in [5.74, 6) is -1.72. The van der Waals surface area contributed by atoms with Gasteiger partial charge in [-0.3, -0.25) is 53.5 Å². The quantitative estimate of drug-likeness (QED) is 0.137. The highest BCUT2D eigenvalue weighted by Crippen LogP contribution is 2.45. The Morgan fingerprint density at radius 3 is 2.40 bits per heavy atom. The van der Waals surface area contributed by atoms with E-state index in [1.54, 1.807) is 50.0 Å². The number of hydrogen-bond acceptors (Lipinski definition) is 10. The van der Waals surface area contributed by atoms with Crippen molar-refractivity contribution in [3.8, 4) is 5.69 Å². The molecule has 0 aliphatic carbocycles. The van der Waals surface area contributed by atoms with Gasteiger partial charge in [-0.15, -0.1) is 0 Å². The Hall–Kier alpha value is -6.56. The summed E-state index contributed by atoms with van der Waals surface area (Å²) in [6, 6.07) is 13.2. The molecular formula is C56H66F2N10O5. The second kappa shape index (κ2) is 19.7. The van der Waals surface area contributed by atoms with E-state index in [-0.39, 0.29) is 54.0 Å². The van der Waals surface area contributed by atoms with Crippen molar-refractivity contribution in [1.29, 1.82) is 0 Å². The standard InChI is InChI=1S/C56H66F2N10O5/c1-33-24-38(26-44(58)51(33)37-13-19-64(20-14-37)35(3)47-28-41-45(10-16-60-52(41)62(47)7)67-21-15-40(59-6)27-50(67)70)54(72)65-17-11-36(12-18-65)31-66-23-22-63(30-34(66)2)32-39-25-42-48(29-43(39)57)68(55(73)56(42,4)5)46-8-9-49(69)61-53(46)71/h10,13,15-16,21,24-29,34-36,46,59H,8-9,11-12,14,17-20,22-23,30-32H2,1-7H3,(H,61,69,71)/t34-,35-,46?/m0/s1. The average Bonchev–Trinajstić information content (AvgIpc) is 3.81. The molecule has 10 rings (SSSR count). The minimum Gasteiger partial charge on any atom is -0.388 e. The molecule has 0 radical (unpaired) electrons. The van der Waals surface area contributed by atoms with E-state index in [0.29, 0.717) is 66.5 Å². The monoisotopic (exact) mass is 997 g/mol. The summed E-state index contributed by atoms with van der Waals surface area (Å²) in [4.78, 5) is 80.2. The number of aromatic nitrogens is 3. The second-order valence-electron chi connectivity index (χ2n) is 21.4. The number of nitrogens with one attached hydrogen (secondary N) is 2. The van der Waals surface area contributed by atoms with Gasteiger partial charge in [0.1, 0.15) is 23.3 Å². The molecule has 4 amide bonds. The highest BCUT2D eigenvalue weighted by molar-refractivity contribution is 6.13. The maximum atomic E-state index is 16.2. The van der Waals surface area contributed by atoms with Crippen LogP contribution in [0.2, 0.25) is 0 Å². The van der Waals surface area contributed by atoms with Gasteiger partial charge in [-0.25, -0.2) is 13.8 Å². The maximum Gasteiger partial charge on any atom is 0.257 e. The van der Waals surface area contributed by atoms with E-state index < -0.39 is 23.2 Å². The zero-order chi connectivity index (χ0) is 51.6. The first kappa shape index (κ1) is 50.0. The van der Waals surface area contributed by atoms with Crippen molar-refractivity contribution < 1.29 is 28.0 Å². The van der Waals surface area contributed by atoms with Crippen LogP contribution in [-0.2, 0) is 33.4 Å². The molecule has 8 heterocycles. The third-order valence-corrected chi connectivity index (χ3v) is 16.5. The molecule has 1 unspecified atom stereocenters. The van der Waals surface area contributed by atoms with Crippen molar-refractivity contribution >= 4 is 51.6 Å². The number of hydrogen-bond donors (Lipinski definition) is 2. The van der Waals surface area contributed by atoms with Crippen LogP contribution in [0.15, 0.2) is 71.8 Å². The van der Waals surface area contributed by atoms with E-state index in [1.807, 2.05) is 37.1 Å². The van der Waals surface area contributed by atoms with Crippen molar-refractivity contribution in [3.63, 3.8) is 0 Å². The highest BCUT2D eigenvalue weighted by atomic mass is 19.1. The Kier molecular flexibility index (Phi) is 13.5. The number of carbonyl (C=O) groups excluding carboxylic acids is 4. The molecule has 2 N–H and O–H groups in total. The summed E-state index contributed by atoms with van der Waals surface area (Å²) >= 11 is 0. The number of piperidine rings is 2. The lowest BCUT2D eigenvalue weighted by atomic mass is 9.85. The normalized spacial score (nSPS) is 21.7. The summed E-state index contributed by atoms with van der Waals surface area (Å²) in [6.45, 7) is 16.0. The molecular weight excluding hydrogens is 931 g/mol. The number of likely N-dealkylation sites (tertiary alicyclic amines) is 1. The van der Waals surface area contributed by atoms with Crippen molar-refractivity contribution in [3.05, 3.63) is 123 Å². The minimum absolute atomic E-state index is 0.0183. The molecule has 5 aliphatic rings. The highest BCUT2D eigenvalue weighted by Gasteiger charge is 2.49. The molecule has 0 spiro atoms. The number of imide groups is 1. The van der Waals surface area contributed by atoms with Gasteiger partial charge in [0.25, 0.3) is 11.5 Å². The van der Waals surface area contributed by atoms with Crippen LogP contribution in [0.4, 0.5) is 20.2 Å². The van der Waals surface area contributed by atoms with E-state index >= 15 is 8.78 Å². The number of piperazine rings is 1. The molecule has 0 saturated carbocycles. The van der Waals surface area contributed by atoms with Crippen molar-refractivity contribution in [2.45, 2.75) is 96.8 Å². The Bertz CT molecular complexity index is 3110. The van der Waals surface area contributed by atoms with Gasteiger partial charge < -0.3 is 14.8 Å². The number of nitrogens with zero attached hydrogens (tertiary/aromatic N) is 8. The molecule has 384 valence electrons. The van der Waals surface area contributed by atoms with Gasteiger partial charge in [0, 0.05) is 143 Å². The number of anilines is 2. The number of pyridine rings is 2. The molecule has 2 aromatic carbocycles. The Morgan fingerprint density at radius 2 is 1.71 bits per heavy atom. The average molecular weight is 997 g/mol. The summed E-state index contributed by atoms with van der Waals surface area (Å²) in [5, 5.41) is 6.23. The fourth-order valence-electron chi connectivity index (χ4n) is 12.1. The third kappa shape index (κ3) is 9.28. The van der Waals surface area contributed by atoms with Crippen LogP contribution in [-0.4, -0.2) is 129 Å². The number of benzene rings is 2. The molecule has 3 fully saturated rings. The van der Waals surface area contributed by atoms with Crippen molar-refractivity contribution in [2.75, 3.05) is 69.6 Å². The number of amides is 4. The van der Waals surface area contributed by atoms with Gasteiger partial charge >= 0.3 is 0 Å². The van der Waals surface area contributed by atoms with Crippen LogP contribution in [0.1, 0.15) is 104 Å². The van der Waals surface area contributed by atoms with E-state index in [9.17, 15) is 24.0 Å². The molecule has 0 bridgehead atoms. The number of rotatable bonds is 11. The van der Waals surface area contributed by atoms with Crippen molar-refractivity contribution in [2.24, 2.45) is 13.0 Å². The summed E-state index contributed by atoms with van der Waals surface area (Å²) < 4.78 is 35.8. The molecule has 5 aromatic rings. The lowest BCUT2D eigenvalue weighted by Gasteiger charge is -2.42. The topological polar surface area (TPSA) is 148 Å². The van der Waals surface area contributed by atoms with Gasteiger partial charge in [0.05, 0.1) is 16.8 Å². The van der Waals surface area contributed by atoms with Crippen LogP contribution < -0.4 is 21.1 Å². The largest absolute Gasteiger partial charge is 0.388 e. The fourth-order valence-corrected chi connectivity index (χ4v) is 12.1. The van der Waals surface area contributed by atoms with Crippen LogP contribution in [0, 0.1) is 24.5 Å². The molecule has 3 atom stereocenters. The van der Waals surface area contributed by atoms with Gasteiger partial charge in [-0.1, -0.05) is 6.08 Å². The van der Waals surface area contributed by atoms with E-state index in [2.05, 4.69) is 60.9 Å². The van der Waals surface area contributed by atoms with Gasteiger partial charge in [0.15, 0.2) is 0 Å². The Morgan fingerprint density at radius 1 is 0.932 bits per heavy atom. The predicted octanol–water partition coefficient (Wildman–Crippen LogP) is 6.69. The fraction of sp³-hybridized carbons (Fsp3) is 0.464. The number of carbonyl (C=O) groups is 4. The minimum atomic E-state index is -0.956. The zero-order valence-electron chi connectivity index (χ0n) is 42.9. The van der Waals surface area contributed by atoms with Crippen LogP contribution in [0.25, 0.3) is 22.3 Å². The zero-order valence-corrected chi connectivity index (χ0v) is 42.9. The van der Waals surface area contributed by atoms with E-state index in [0.717, 1.165) is 84.8 Å². The maximum absolute atomic E-state index is 16.2. The molecule has 17 heteroatoms. The lowest BCUT2D eigenvalue weighted by Crippen LogP contribution is -2.55. The Balaban J connectivity index is 0.722. The Labute approximate surface area is 424 Å². The van der Waals surface area contributed by atoms with Gasteiger partial charge in [0.2, 0.25) is 17.7 Å². The van der Waals surface area contributed by atoms with E-state index in [1.165, 1.54) is 17.0 Å². The summed E-state index contributed by atoms with van der Waals surface area (Å²) in [5.41, 5.74) is 6.49. The second-order valence-corrected chi connectivity index (χ2v) is 21.4. The molecule has 3 saturated heterocycles. The first-order valence-electron chi connectivity index (χ1n) is 25.8. The molecule has 5 aliphatic heterocycles. The summed E-state index contributed by atoms with van der Waals surface area (Å²) in [6.07, 6.45) is 8.29.